The first-order valence-corrected chi connectivity index (χ1v) is 11.9. The average molecular weight is 466 g/mol. The molecular weight excluding hydrogens is 438 g/mol. The van der Waals surface area contributed by atoms with Gasteiger partial charge in [-0.25, -0.2) is 0 Å². The van der Waals surface area contributed by atoms with Crippen molar-refractivity contribution in [3.05, 3.63) is 109 Å². The Labute approximate surface area is 204 Å². The molecule has 2 aromatic carbocycles. The van der Waals surface area contributed by atoms with E-state index in [1.807, 2.05) is 60.7 Å². The molecule has 6 nitrogen and oxygen atoms in total. The Morgan fingerprint density at radius 3 is 2.29 bits per heavy atom. The van der Waals surface area contributed by atoms with Crippen LogP contribution in [0.2, 0.25) is 0 Å². The molecule has 2 heterocycles. The standard InChI is InChI=1S/C29H27N3O3/c33-28(31-24-11-4-5-12-24)27(23-10-6-18-30-20-23)32(29(34)26-13-7-19-35-26)25-16-14-22(15-17-25)21-8-2-1-3-9-21/h1-3,6-10,13-20,24,27H,4-5,11-12H2,(H,31,33). The van der Waals surface area contributed by atoms with Crippen LogP contribution >= 0.6 is 0 Å². The number of carbonyl (C=O) groups is 2. The molecule has 176 valence electrons. The molecule has 4 aromatic rings. The van der Waals surface area contributed by atoms with E-state index < -0.39 is 11.9 Å². The van der Waals surface area contributed by atoms with Crippen LogP contribution in [0.4, 0.5) is 5.69 Å². The van der Waals surface area contributed by atoms with Crippen LogP contribution in [0.1, 0.15) is 47.8 Å². The van der Waals surface area contributed by atoms with E-state index in [1.54, 1.807) is 30.6 Å². The highest BCUT2D eigenvalue weighted by atomic mass is 16.3. The molecular formula is C29H27N3O3. The summed E-state index contributed by atoms with van der Waals surface area (Å²) in [5.74, 6) is -0.450. The smallest absolute Gasteiger partial charge is 0.294 e. The first-order valence-electron chi connectivity index (χ1n) is 11.9. The molecule has 1 N–H and O–H groups in total. The molecule has 1 fully saturated rings. The first kappa shape index (κ1) is 22.6. The Morgan fingerprint density at radius 2 is 1.63 bits per heavy atom. The maximum absolute atomic E-state index is 13.7. The van der Waals surface area contributed by atoms with E-state index in [2.05, 4.69) is 10.3 Å². The summed E-state index contributed by atoms with van der Waals surface area (Å²) in [7, 11) is 0. The van der Waals surface area contributed by atoms with E-state index in [0.717, 1.165) is 36.8 Å². The van der Waals surface area contributed by atoms with Crippen LogP contribution in [-0.2, 0) is 4.79 Å². The van der Waals surface area contributed by atoms with Gasteiger partial charge in [-0.1, -0.05) is 61.4 Å². The van der Waals surface area contributed by atoms with Crippen LogP contribution in [0, 0.1) is 0 Å². The van der Waals surface area contributed by atoms with Gasteiger partial charge in [0.05, 0.1) is 6.26 Å². The molecule has 2 amide bonds. The molecule has 1 unspecified atom stereocenters. The van der Waals surface area contributed by atoms with Crippen LogP contribution in [0.15, 0.2) is 102 Å². The van der Waals surface area contributed by atoms with Gasteiger partial charge in [0.25, 0.3) is 5.91 Å². The largest absolute Gasteiger partial charge is 0.459 e. The molecule has 0 radical (unpaired) electrons. The van der Waals surface area contributed by atoms with Gasteiger partial charge in [0, 0.05) is 29.7 Å². The SMILES string of the molecule is O=C(NC1CCCC1)C(c1cccnc1)N(C(=O)c1ccco1)c1ccc(-c2ccccc2)cc1. The molecule has 1 saturated carbocycles. The number of hydrogen-bond donors (Lipinski definition) is 1. The lowest BCUT2D eigenvalue weighted by atomic mass is 10.0. The highest BCUT2D eigenvalue weighted by molar-refractivity contribution is 6.08. The number of nitrogens with zero attached hydrogens (tertiary/aromatic N) is 2. The zero-order valence-corrected chi connectivity index (χ0v) is 19.3. The summed E-state index contributed by atoms with van der Waals surface area (Å²) in [6, 6.07) is 23.8. The Hall–Kier alpha value is -4.19. The van der Waals surface area contributed by atoms with Crippen LogP contribution in [0.3, 0.4) is 0 Å². The van der Waals surface area contributed by atoms with Crippen molar-refractivity contribution in [1.82, 2.24) is 10.3 Å². The van der Waals surface area contributed by atoms with Crippen molar-refractivity contribution in [3.63, 3.8) is 0 Å². The summed E-state index contributed by atoms with van der Waals surface area (Å²) in [6.07, 6.45) is 8.84. The minimum atomic E-state index is -0.899. The van der Waals surface area contributed by atoms with Gasteiger partial charge in [-0.3, -0.25) is 19.5 Å². The summed E-state index contributed by atoms with van der Waals surface area (Å²) in [5, 5.41) is 3.17. The van der Waals surface area contributed by atoms with Crippen LogP contribution in [0.25, 0.3) is 11.1 Å². The molecule has 1 aliphatic carbocycles. The third-order valence-corrected chi connectivity index (χ3v) is 6.41. The van der Waals surface area contributed by atoms with Crippen molar-refractivity contribution in [2.45, 2.75) is 37.8 Å². The Kier molecular flexibility index (Phi) is 6.70. The second kappa shape index (κ2) is 10.4. The minimum absolute atomic E-state index is 0.114. The molecule has 0 aliphatic heterocycles. The number of pyridine rings is 1. The van der Waals surface area contributed by atoms with Gasteiger partial charge in [0.2, 0.25) is 5.91 Å². The predicted molar refractivity (Wildman–Crippen MR) is 135 cm³/mol. The Balaban J connectivity index is 1.56. The lowest BCUT2D eigenvalue weighted by molar-refractivity contribution is -0.123. The quantitative estimate of drug-likeness (QED) is 0.375. The summed E-state index contributed by atoms with van der Waals surface area (Å²) >= 11 is 0. The van der Waals surface area contributed by atoms with E-state index in [9.17, 15) is 9.59 Å². The lowest BCUT2D eigenvalue weighted by Gasteiger charge is -2.31. The second-order valence-corrected chi connectivity index (χ2v) is 8.74. The summed E-state index contributed by atoms with van der Waals surface area (Å²) in [4.78, 5) is 33.2. The van der Waals surface area contributed by atoms with Crippen molar-refractivity contribution in [2.24, 2.45) is 0 Å². The molecule has 0 spiro atoms. The zero-order chi connectivity index (χ0) is 24.0. The molecule has 0 saturated heterocycles. The third-order valence-electron chi connectivity index (χ3n) is 6.41. The van der Waals surface area contributed by atoms with Crippen LogP contribution in [0.5, 0.6) is 0 Å². The van der Waals surface area contributed by atoms with E-state index in [4.69, 9.17) is 4.42 Å². The van der Waals surface area contributed by atoms with E-state index in [0.29, 0.717) is 11.3 Å². The Morgan fingerprint density at radius 1 is 0.886 bits per heavy atom. The summed E-state index contributed by atoms with van der Waals surface area (Å²) in [6.45, 7) is 0. The molecule has 2 aromatic heterocycles. The molecule has 35 heavy (non-hydrogen) atoms. The van der Waals surface area contributed by atoms with Gasteiger partial charge in [-0.05, 0) is 54.3 Å². The molecule has 6 heteroatoms. The fourth-order valence-electron chi connectivity index (χ4n) is 4.65. The van der Waals surface area contributed by atoms with Crippen molar-refractivity contribution < 1.29 is 14.0 Å². The maximum Gasteiger partial charge on any atom is 0.294 e. The number of anilines is 1. The van der Waals surface area contributed by atoms with E-state index >= 15 is 0 Å². The van der Waals surface area contributed by atoms with E-state index in [1.165, 1.54) is 11.2 Å². The highest BCUT2D eigenvalue weighted by Gasteiger charge is 2.36. The number of furan rings is 1. The predicted octanol–water partition coefficient (Wildman–Crippen LogP) is 5.79. The molecule has 0 bridgehead atoms. The third kappa shape index (κ3) is 5.01. The Bertz CT molecular complexity index is 1250. The number of benzene rings is 2. The normalized spacial score (nSPS) is 14.4. The van der Waals surface area contributed by atoms with Gasteiger partial charge in [-0.15, -0.1) is 0 Å². The second-order valence-electron chi connectivity index (χ2n) is 8.74. The van der Waals surface area contributed by atoms with Gasteiger partial charge in [-0.2, -0.15) is 0 Å². The van der Waals surface area contributed by atoms with Crippen molar-refractivity contribution in [3.8, 4) is 11.1 Å². The van der Waals surface area contributed by atoms with Gasteiger partial charge in [0.1, 0.15) is 6.04 Å². The van der Waals surface area contributed by atoms with Crippen LogP contribution < -0.4 is 10.2 Å². The lowest BCUT2D eigenvalue weighted by Crippen LogP contribution is -2.46. The molecule has 5 rings (SSSR count). The maximum atomic E-state index is 13.7. The average Bonchev–Trinajstić information content (AvgIpc) is 3.63. The number of aromatic nitrogens is 1. The van der Waals surface area contributed by atoms with E-state index in [-0.39, 0.29) is 17.7 Å². The van der Waals surface area contributed by atoms with Crippen molar-refractivity contribution >= 4 is 17.5 Å². The molecule has 1 atom stereocenters. The fourth-order valence-corrected chi connectivity index (χ4v) is 4.65. The summed E-state index contributed by atoms with van der Waals surface area (Å²) < 4.78 is 5.45. The number of carbonyl (C=O) groups excluding carboxylic acids is 2. The monoisotopic (exact) mass is 465 g/mol. The number of rotatable bonds is 7. The highest BCUT2D eigenvalue weighted by Crippen LogP contribution is 2.32. The first-order chi connectivity index (χ1) is 17.2. The van der Waals surface area contributed by atoms with Crippen LogP contribution in [-0.4, -0.2) is 22.8 Å². The van der Waals surface area contributed by atoms with Crippen molar-refractivity contribution in [2.75, 3.05) is 4.90 Å². The topological polar surface area (TPSA) is 75.4 Å². The molecule has 1 aliphatic rings. The van der Waals surface area contributed by atoms with Gasteiger partial charge < -0.3 is 9.73 Å². The minimum Gasteiger partial charge on any atom is -0.459 e. The van der Waals surface area contributed by atoms with Crippen molar-refractivity contribution in [1.29, 1.82) is 0 Å². The van der Waals surface area contributed by atoms with Gasteiger partial charge >= 0.3 is 0 Å². The zero-order valence-electron chi connectivity index (χ0n) is 19.3. The number of hydrogen-bond acceptors (Lipinski definition) is 4. The fraction of sp³-hybridized carbons (Fsp3) is 0.207. The number of amides is 2. The van der Waals surface area contributed by atoms with Gasteiger partial charge in [0.15, 0.2) is 5.76 Å². The number of nitrogens with one attached hydrogen (secondary N) is 1. The summed E-state index contributed by atoms with van der Waals surface area (Å²) in [5.41, 5.74) is 3.33.